The monoisotopic (exact) mass is 326 g/mol. The second kappa shape index (κ2) is 7.81. The number of nitrogens with one attached hydrogen (secondary N) is 1. The van der Waals surface area contributed by atoms with Gasteiger partial charge in [-0.25, -0.2) is 0 Å². The second-order valence-electron chi connectivity index (χ2n) is 5.94. The van der Waals surface area contributed by atoms with E-state index in [1.54, 1.807) is 19.5 Å². The lowest BCUT2D eigenvalue weighted by Gasteiger charge is -2.25. The quantitative estimate of drug-likeness (QED) is 0.828. The molecule has 2 aromatic rings. The maximum atomic E-state index is 12.3. The number of carbonyl (C=O) groups is 1. The number of aromatic nitrogens is 1. The smallest absolute Gasteiger partial charge is 0.226 e. The predicted octanol–water partition coefficient (Wildman–Crippen LogP) is 2.39. The number of hydrogen-bond donors (Lipinski definition) is 1. The molecule has 0 spiro atoms. The first kappa shape index (κ1) is 16.3. The molecule has 1 aromatic carbocycles. The molecule has 0 bridgehead atoms. The predicted molar refractivity (Wildman–Crippen MR) is 91.3 cm³/mol. The van der Waals surface area contributed by atoms with E-state index in [9.17, 15) is 4.79 Å². The lowest BCUT2D eigenvalue weighted by molar-refractivity contribution is -0.126. The van der Waals surface area contributed by atoms with Crippen molar-refractivity contribution in [1.82, 2.24) is 10.3 Å². The summed E-state index contributed by atoms with van der Waals surface area (Å²) in [5.74, 6) is 1.52. The highest BCUT2D eigenvalue weighted by Gasteiger charge is 2.25. The summed E-state index contributed by atoms with van der Waals surface area (Å²) in [6, 6.07) is 9.75. The average Bonchev–Trinajstić information content (AvgIpc) is 2.65. The number of carbonyl (C=O) groups excluding carboxylic acids is 1. The number of methoxy groups -OCH3 is 1. The van der Waals surface area contributed by atoms with Gasteiger partial charge in [0, 0.05) is 25.0 Å². The van der Waals surface area contributed by atoms with Crippen molar-refractivity contribution in [1.29, 1.82) is 0 Å². The molecular formula is C19H22N2O3. The van der Waals surface area contributed by atoms with Crippen LogP contribution < -0.4 is 14.8 Å². The number of aryl methyl sites for hydroxylation is 1. The molecule has 5 heteroatoms. The van der Waals surface area contributed by atoms with E-state index in [-0.39, 0.29) is 11.8 Å². The van der Waals surface area contributed by atoms with Gasteiger partial charge in [0.2, 0.25) is 5.91 Å². The van der Waals surface area contributed by atoms with E-state index < -0.39 is 0 Å². The number of pyridine rings is 1. The zero-order valence-corrected chi connectivity index (χ0v) is 13.8. The zero-order valence-electron chi connectivity index (χ0n) is 13.8. The molecular weight excluding hydrogens is 304 g/mol. The first-order chi connectivity index (χ1) is 11.8. The maximum Gasteiger partial charge on any atom is 0.226 e. The minimum atomic E-state index is -0.133. The highest BCUT2D eigenvalue weighted by Crippen LogP contribution is 2.31. The van der Waals surface area contributed by atoms with Crippen molar-refractivity contribution in [2.24, 2.45) is 5.92 Å². The molecule has 3 rings (SSSR count). The Morgan fingerprint density at radius 3 is 2.96 bits per heavy atom. The lowest BCUT2D eigenvalue weighted by Crippen LogP contribution is -2.37. The molecule has 1 atom stereocenters. The molecule has 1 aromatic heterocycles. The minimum absolute atomic E-state index is 0.0613. The summed E-state index contributed by atoms with van der Waals surface area (Å²) in [5, 5.41) is 3.02. The molecule has 2 heterocycles. The molecule has 24 heavy (non-hydrogen) atoms. The molecule has 1 amide bonds. The van der Waals surface area contributed by atoms with Crippen molar-refractivity contribution in [3.8, 4) is 11.5 Å². The Bertz CT molecular complexity index is 688. The van der Waals surface area contributed by atoms with Crippen molar-refractivity contribution < 1.29 is 14.3 Å². The molecule has 1 N–H and O–H groups in total. The average molecular weight is 326 g/mol. The fourth-order valence-corrected chi connectivity index (χ4v) is 2.85. The number of amides is 1. The third kappa shape index (κ3) is 4.04. The van der Waals surface area contributed by atoms with Crippen LogP contribution in [0.4, 0.5) is 0 Å². The van der Waals surface area contributed by atoms with Gasteiger partial charge in [-0.3, -0.25) is 9.78 Å². The van der Waals surface area contributed by atoms with Crippen LogP contribution >= 0.6 is 0 Å². The molecule has 0 saturated heterocycles. The number of ether oxygens (including phenoxy) is 2. The van der Waals surface area contributed by atoms with Gasteiger partial charge in [-0.05, 0) is 48.6 Å². The van der Waals surface area contributed by atoms with Crippen molar-refractivity contribution in [3.05, 3.63) is 53.9 Å². The van der Waals surface area contributed by atoms with Crippen LogP contribution in [0.25, 0.3) is 0 Å². The van der Waals surface area contributed by atoms with Crippen molar-refractivity contribution in [3.63, 3.8) is 0 Å². The van der Waals surface area contributed by atoms with E-state index in [0.717, 1.165) is 29.9 Å². The summed E-state index contributed by atoms with van der Waals surface area (Å²) >= 11 is 0. The molecule has 1 aliphatic heterocycles. The van der Waals surface area contributed by atoms with Crippen molar-refractivity contribution in [2.45, 2.75) is 19.3 Å². The van der Waals surface area contributed by atoms with E-state index >= 15 is 0 Å². The molecule has 0 fully saturated rings. The first-order valence-corrected chi connectivity index (χ1v) is 8.22. The fraction of sp³-hybridized carbons (Fsp3) is 0.368. The number of hydrogen-bond acceptors (Lipinski definition) is 4. The molecule has 0 aliphatic carbocycles. The largest absolute Gasteiger partial charge is 0.497 e. The van der Waals surface area contributed by atoms with Crippen LogP contribution in [0, 0.1) is 5.92 Å². The van der Waals surface area contributed by atoms with Crippen LogP contribution in [0.3, 0.4) is 0 Å². The first-order valence-electron chi connectivity index (χ1n) is 8.22. The van der Waals surface area contributed by atoms with Gasteiger partial charge in [0.15, 0.2) is 0 Å². The van der Waals surface area contributed by atoms with Gasteiger partial charge in [0.1, 0.15) is 18.1 Å². The van der Waals surface area contributed by atoms with Gasteiger partial charge >= 0.3 is 0 Å². The maximum absolute atomic E-state index is 12.3. The molecule has 5 nitrogen and oxygen atoms in total. The van der Waals surface area contributed by atoms with E-state index in [1.165, 1.54) is 5.56 Å². The van der Waals surface area contributed by atoms with Crippen LogP contribution in [-0.4, -0.2) is 31.2 Å². The minimum Gasteiger partial charge on any atom is -0.497 e. The van der Waals surface area contributed by atoms with E-state index in [0.29, 0.717) is 19.6 Å². The Morgan fingerprint density at radius 2 is 2.17 bits per heavy atom. The van der Waals surface area contributed by atoms with Crippen LogP contribution in [0.2, 0.25) is 0 Å². The van der Waals surface area contributed by atoms with Gasteiger partial charge in [-0.1, -0.05) is 6.07 Å². The summed E-state index contributed by atoms with van der Waals surface area (Å²) in [4.78, 5) is 16.3. The topological polar surface area (TPSA) is 60.5 Å². The Balaban J connectivity index is 1.46. The summed E-state index contributed by atoms with van der Waals surface area (Å²) < 4.78 is 10.9. The zero-order chi connectivity index (χ0) is 16.8. The van der Waals surface area contributed by atoms with Gasteiger partial charge < -0.3 is 14.8 Å². The highest BCUT2D eigenvalue weighted by molar-refractivity contribution is 5.79. The number of benzene rings is 1. The number of rotatable bonds is 6. The third-order valence-corrected chi connectivity index (χ3v) is 4.24. The van der Waals surface area contributed by atoms with Gasteiger partial charge in [0.25, 0.3) is 0 Å². The lowest BCUT2D eigenvalue weighted by atomic mass is 9.96. The summed E-state index contributed by atoms with van der Waals surface area (Å²) in [5.41, 5.74) is 2.29. The summed E-state index contributed by atoms with van der Waals surface area (Å²) in [7, 11) is 1.63. The molecule has 126 valence electrons. The second-order valence-corrected chi connectivity index (χ2v) is 5.94. The molecule has 0 radical (unpaired) electrons. The van der Waals surface area contributed by atoms with Crippen LogP contribution in [0.1, 0.15) is 17.5 Å². The van der Waals surface area contributed by atoms with Crippen LogP contribution in [0.15, 0.2) is 42.7 Å². The molecule has 0 unspecified atom stereocenters. The Morgan fingerprint density at radius 1 is 1.33 bits per heavy atom. The van der Waals surface area contributed by atoms with Crippen LogP contribution in [0.5, 0.6) is 11.5 Å². The van der Waals surface area contributed by atoms with Crippen LogP contribution in [-0.2, 0) is 17.6 Å². The van der Waals surface area contributed by atoms with Crippen molar-refractivity contribution in [2.75, 3.05) is 20.3 Å². The SMILES string of the molecule is COc1ccc2c(c1)OC[C@@H](C(=O)NCCCc1ccncc1)C2. The highest BCUT2D eigenvalue weighted by atomic mass is 16.5. The Labute approximate surface area is 142 Å². The van der Waals surface area contributed by atoms with Crippen molar-refractivity contribution >= 4 is 5.91 Å². The van der Waals surface area contributed by atoms with E-state index in [4.69, 9.17) is 9.47 Å². The molecule has 0 saturated carbocycles. The Hall–Kier alpha value is -2.56. The number of fused-ring (bicyclic) bond motifs is 1. The van der Waals surface area contributed by atoms with Gasteiger partial charge in [-0.15, -0.1) is 0 Å². The molecule has 1 aliphatic rings. The summed E-state index contributed by atoms with van der Waals surface area (Å²) in [6.07, 6.45) is 6.14. The summed E-state index contributed by atoms with van der Waals surface area (Å²) in [6.45, 7) is 1.09. The van der Waals surface area contributed by atoms with Gasteiger partial charge in [0.05, 0.1) is 13.0 Å². The number of nitrogens with zero attached hydrogens (tertiary/aromatic N) is 1. The van der Waals surface area contributed by atoms with E-state index in [2.05, 4.69) is 10.3 Å². The third-order valence-electron chi connectivity index (χ3n) is 4.24. The standard InChI is InChI=1S/C19H22N2O3/c1-23-17-5-4-15-11-16(13-24-18(15)12-17)19(22)21-8-2-3-14-6-9-20-10-7-14/h4-7,9-10,12,16H,2-3,8,11,13H2,1H3,(H,21,22)/t16-/m0/s1. The fourth-order valence-electron chi connectivity index (χ4n) is 2.85. The van der Waals surface area contributed by atoms with E-state index in [1.807, 2.05) is 30.3 Å². The Kier molecular flexibility index (Phi) is 5.31. The normalized spacial score (nSPS) is 16.0. The van der Waals surface area contributed by atoms with Gasteiger partial charge in [-0.2, -0.15) is 0 Å².